The van der Waals surface area contributed by atoms with Crippen molar-refractivity contribution in [2.45, 2.75) is 57.2 Å². The molecule has 0 radical (unpaired) electrons. The second kappa shape index (κ2) is 13.6. The Labute approximate surface area is 291 Å². The van der Waals surface area contributed by atoms with Crippen molar-refractivity contribution in [3.8, 4) is 23.0 Å². The minimum atomic E-state index is -0.582. The van der Waals surface area contributed by atoms with E-state index < -0.39 is 12.1 Å². The van der Waals surface area contributed by atoms with Crippen LogP contribution in [0.15, 0.2) is 48.5 Å². The molecule has 4 aliphatic rings. The summed E-state index contributed by atoms with van der Waals surface area (Å²) < 4.78 is 23.4. The number of methoxy groups -OCH3 is 2. The summed E-state index contributed by atoms with van der Waals surface area (Å²) in [6, 6.07) is 13.7. The van der Waals surface area contributed by atoms with Crippen molar-refractivity contribution < 1.29 is 38.1 Å². The number of fused-ring (bicyclic) bond motifs is 5. The number of hydrogen-bond donors (Lipinski definition) is 0. The molecule has 262 valence electrons. The van der Waals surface area contributed by atoms with Crippen LogP contribution in [0.25, 0.3) is 0 Å². The standard InChI is InChI=1S/C38H42N4O8/c1-39-28-20-33(31(47-3)18-25(28)35(43)41-14-10-13-27(41)37(39)45)49-15-8-5-9-16-50-34-21-29-26(19-32(34)48-4)36(44)42-22-24-12-7-6-11-23(24)17-30(42)38(46)40(29)2/h6-7,11-12,18-21,27,30H,5,8-10,13-17,22H2,1-4H3/t27-,30?/m0/s1. The SMILES string of the molecule is COc1cc2c(cc1OCCCCCOc1cc3c(cc1OC)C(=O)N1CCC[C@H]1C(=O)N3C)N(C)C(=O)C1Cc3ccccc3CN1C2=O. The fourth-order valence-electron chi connectivity index (χ4n) is 7.50. The first-order valence-electron chi connectivity index (χ1n) is 17.1. The molecule has 1 fully saturated rings. The van der Waals surface area contributed by atoms with E-state index in [0.717, 1.165) is 36.8 Å². The molecule has 12 heteroatoms. The molecule has 50 heavy (non-hydrogen) atoms. The number of unbranched alkanes of at least 4 members (excludes halogenated alkanes) is 2. The predicted molar refractivity (Wildman–Crippen MR) is 186 cm³/mol. The van der Waals surface area contributed by atoms with Crippen LogP contribution >= 0.6 is 0 Å². The number of carbonyl (C=O) groups is 4. The van der Waals surface area contributed by atoms with Gasteiger partial charge in [0.15, 0.2) is 23.0 Å². The summed E-state index contributed by atoms with van der Waals surface area (Å²) in [5.74, 6) is 1.19. The highest BCUT2D eigenvalue weighted by Gasteiger charge is 2.43. The molecule has 2 atom stereocenters. The first kappa shape index (κ1) is 33.2. The Morgan fingerprint density at radius 1 is 0.660 bits per heavy atom. The highest BCUT2D eigenvalue weighted by atomic mass is 16.5. The number of nitrogens with zero attached hydrogens (tertiary/aromatic N) is 4. The molecule has 0 saturated carbocycles. The van der Waals surface area contributed by atoms with Crippen LogP contribution in [0.5, 0.6) is 23.0 Å². The van der Waals surface area contributed by atoms with Gasteiger partial charge in [0.05, 0.1) is 49.9 Å². The third-order valence-electron chi connectivity index (χ3n) is 10.3. The van der Waals surface area contributed by atoms with E-state index in [1.807, 2.05) is 24.3 Å². The molecule has 4 amide bonds. The Hall–Kier alpha value is -5.26. The fraction of sp³-hybridized carbons (Fsp3) is 0.421. The maximum atomic E-state index is 13.8. The van der Waals surface area contributed by atoms with Gasteiger partial charge >= 0.3 is 0 Å². The zero-order chi connectivity index (χ0) is 35.1. The normalized spacial score (nSPS) is 19.6. The highest BCUT2D eigenvalue weighted by Crippen LogP contribution is 2.41. The number of rotatable bonds is 10. The lowest BCUT2D eigenvalue weighted by molar-refractivity contribution is -0.123. The summed E-state index contributed by atoms with van der Waals surface area (Å²) in [5.41, 5.74) is 3.97. The fourth-order valence-corrected chi connectivity index (χ4v) is 7.50. The summed E-state index contributed by atoms with van der Waals surface area (Å²) in [7, 11) is 6.46. The van der Waals surface area contributed by atoms with E-state index in [0.29, 0.717) is 84.6 Å². The van der Waals surface area contributed by atoms with E-state index >= 15 is 0 Å². The highest BCUT2D eigenvalue weighted by molar-refractivity contribution is 6.12. The molecule has 1 unspecified atom stereocenters. The second-order valence-electron chi connectivity index (χ2n) is 13.2. The maximum Gasteiger partial charge on any atom is 0.257 e. The Morgan fingerprint density at radius 3 is 1.78 bits per heavy atom. The van der Waals surface area contributed by atoms with Crippen LogP contribution in [0.3, 0.4) is 0 Å². The van der Waals surface area contributed by atoms with Crippen LogP contribution < -0.4 is 28.7 Å². The number of likely N-dealkylation sites (N-methyl/N-ethyl adjacent to an activating group) is 2. The van der Waals surface area contributed by atoms with Crippen molar-refractivity contribution in [1.82, 2.24) is 9.80 Å². The van der Waals surface area contributed by atoms with Crippen LogP contribution in [0.4, 0.5) is 11.4 Å². The number of ether oxygens (including phenoxy) is 4. The Morgan fingerprint density at radius 2 is 1.20 bits per heavy atom. The topological polar surface area (TPSA) is 118 Å². The van der Waals surface area contributed by atoms with Gasteiger partial charge in [-0.15, -0.1) is 0 Å². The molecule has 4 heterocycles. The molecular formula is C38H42N4O8. The van der Waals surface area contributed by atoms with Crippen molar-refractivity contribution in [2.24, 2.45) is 0 Å². The molecular weight excluding hydrogens is 640 g/mol. The lowest BCUT2D eigenvalue weighted by atomic mass is 9.93. The largest absolute Gasteiger partial charge is 0.493 e. The molecule has 1 saturated heterocycles. The van der Waals surface area contributed by atoms with Gasteiger partial charge in [0.1, 0.15) is 12.1 Å². The van der Waals surface area contributed by atoms with Crippen molar-refractivity contribution in [1.29, 1.82) is 0 Å². The third kappa shape index (κ3) is 5.76. The lowest BCUT2D eigenvalue weighted by Gasteiger charge is -2.35. The minimum absolute atomic E-state index is 0.0940. The summed E-state index contributed by atoms with van der Waals surface area (Å²) >= 11 is 0. The minimum Gasteiger partial charge on any atom is -0.493 e. The van der Waals surface area contributed by atoms with Gasteiger partial charge in [-0.25, -0.2) is 0 Å². The van der Waals surface area contributed by atoms with Gasteiger partial charge in [-0.1, -0.05) is 24.3 Å². The van der Waals surface area contributed by atoms with Gasteiger partial charge in [-0.2, -0.15) is 0 Å². The molecule has 0 aliphatic carbocycles. The van der Waals surface area contributed by atoms with E-state index in [4.69, 9.17) is 18.9 Å². The van der Waals surface area contributed by atoms with Crippen LogP contribution in [0.2, 0.25) is 0 Å². The number of anilines is 2. The average molecular weight is 683 g/mol. The van der Waals surface area contributed by atoms with Gasteiger partial charge < -0.3 is 38.5 Å². The van der Waals surface area contributed by atoms with Crippen molar-refractivity contribution in [2.75, 3.05) is 57.9 Å². The van der Waals surface area contributed by atoms with Crippen LogP contribution in [0, 0.1) is 0 Å². The zero-order valence-electron chi connectivity index (χ0n) is 28.9. The van der Waals surface area contributed by atoms with Crippen LogP contribution in [-0.4, -0.2) is 93.6 Å². The number of hydrogen-bond acceptors (Lipinski definition) is 8. The first-order chi connectivity index (χ1) is 24.2. The maximum absolute atomic E-state index is 13.8. The molecule has 0 spiro atoms. The molecule has 0 aromatic heterocycles. The molecule has 0 N–H and O–H groups in total. The number of benzene rings is 3. The summed E-state index contributed by atoms with van der Waals surface area (Å²) in [6.07, 6.45) is 4.18. The average Bonchev–Trinajstić information content (AvgIpc) is 3.60. The predicted octanol–water partition coefficient (Wildman–Crippen LogP) is 4.46. The Bertz CT molecular complexity index is 1860. The van der Waals surface area contributed by atoms with Crippen LogP contribution in [-0.2, 0) is 22.6 Å². The smallest absolute Gasteiger partial charge is 0.257 e. The van der Waals surface area contributed by atoms with Gasteiger partial charge in [0.25, 0.3) is 11.8 Å². The van der Waals surface area contributed by atoms with E-state index in [-0.39, 0.29) is 23.6 Å². The first-order valence-corrected chi connectivity index (χ1v) is 17.1. The number of carbonyl (C=O) groups excluding carboxylic acids is 4. The van der Waals surface area contributed by atoms with Crippen molar-refractivity contribution in [3.63, 3.8) is 0 Å². The molecule has 4 aliphatic heterocycles. The van der Waals surface area contributed by atoms with Gasteiger partial charge in [-0.05, 0) is 55.4 Å². The molecule has 0 bridgehead atoms. The van der Waals surface area contributed by atoms with Gasteiger partial charge in [-0.3, -0.25) is 19.2 Å². The third-order valence-corrected chi connectivity index (χ3v) is 10.3. The quantitative estimate of drug-likeness (QED) is 0.288. The Balaban J connectivity index is 0.972. The monoisotopic (exact) mass is 682 g/mol. The van der Waals surface area contributed by atoms with Crippen LogP contribution in [0.1, 0.15) is 63.9 Å². The summed E-state index contributed by atoms with van der Waals surface area (Å²) in [5, 5.41) is 0. The van der Waals surface area contributed by atoms with Gasteiger partial charge in [0, 0.05) is 45.7 Å². The van der Waals surface area contributed by atoms with Gasteiger partial charge in [0.2, 0.25) is 11.8 Å². The molecule has 3 aromatic carbocycles. The van der Waals surface area contributed by atoms with Crippen molar-refractivity contribution >= 4 is 35.0 Å². The Kier molecular flexibility index (Phi) is 9.02. The zero-order valence-corrected chi connectivity index (χ0v) is 28.9. The molecule has 7 rings (SSSR count). The van der Waals surface area contributed by atoms with E-state index in [2.05, 4.69) is 0 Å². The molecule has 3 aromatic rings. The summed E-state index contributed by atoms with van der Waals surface area (Å²) in [6.45, 7) is 1.73. The molecule has 12 nitrogen and oxygen atoms in total. The number of amides is 4. The summed E-state index contributed by atoms with van der Waals surface area (Å²) in [4.78, 5) is 60.3. The lowest BCUT2D eigenvalue weighted by Crippen LogP contribution is -2.50. The van der Waals surface area contributed by atoms with Crippen molar-refractivity contribution in [3.05, 3.63) is 70.8 Å². The van der Waals surface area contributed by atoms with E-state index in [9.17, 15) is 19.2 Å². The van der Waals surface area contributed by atoms with E-state index in [1.54, 1.807) is 58.0 Å². The van der Waals surface area contributed by atoms with E-state index in [1.165, 1.54) is 14.2 Å². The second-order valence-corrected chi connectivity index (χ2v) is 13.2.